The number of ether oxygens (including phenoxy) is 1. The zero-order valence-electron chi connectivity index (χ0n) is 14.7. The topological polar surface area (TPSA) is 88.6 Å². The van der Waals surface area contributed by atoms with E-state index >= 15 is 0 Å². The van der Waals surface area contributed by atoms with Crippen molar-refractivity contribution in [2.24, 2.45) is 0 Å². The Kier molecular flexibility index (Phi) is 5.24. The number of amides is 1. The van der Waals surface area contributed by atoms with Gasteiger partial charge in [-0.3, -0.25) is 9.78 Å². The maximum Gasteiger partial charge on any atom is 0.243 e. The van der Waals surface area contributed by atoms with Gasteiger partial charge in [-0.25, -0.2) is 8.42 Å². The summed E-state index contributed by atoms with van der Waals surface area (Å²) < 4.78 is 32.7. The van der Waals surface area contributed by atoms with Crippen molar-refractivity contribution in [3.63, 3.8) is 0 Å². The Bertz CT molecular complexity index is 894. The van der Waals surface area contributed by atoms with Crippen molar-refractivity contribution in [3.8, 4) is 5.75 Å². The molecule has 0 saturated carbocycles. The molecular weight excluding hydrogens is 354 g/mol. The quantitative estimate of drug-likeness (QED) is 0.836. The third-order valence-corrected chi connectivity index (χ3v) is 6.14. The van der Waals surface area contributed by atoms with Gasteiger partial charge in [0.1, 0.15) is 11.9 Å². The van der Waals surface area contributed by atoms with E-state index in [9.17, 15) is 13.2 Å². The van der Waals surface area contributed by atoms with E-state index in [0.717, 1.165) is 0 Å². The van der Waals surface area contributed by atoms with Crippen LogP contribution in [0.2, 0.25) is 0 Å². The van der Waals surface area contributed by atoms with Crippen LogP contribution >= 0.6 is 0 Å². The number of nitrogens with one attached hydrogen (secondary N) is 1. The fourth-order valence-corrected chi connectivity index (χ4v) is 4.39. The molecule has 0 aliphatic carbocycles. The van der Waals surface area contributed by atoms with Gasteiger partial charge in [0.2, 0.25) is 15.9 Å². The van der Waals surface area contributed by atoms with Gasteiger partial charge in [0.25, 0.3) is 0 Å². The number of aromatic nitrogens is 1. The van der Waals surface area contributed by atoms with Crippen LogP contribution in [0.4, 0.5) is 5.69 Å². The summed E-state index contributed by atoms with van der Waals surface area (Å²) in [5, 5.41) is 2.73. The standard InChI is InChI=1S/C18H21N3O4S/c1-3-18(22)20-14-6-7-17(13(2)9-14)26(23,24)21-11-16(12-21)25-15-5-4-8-19-10-15/h4-10,16H,3,11-12H2,1-2H3,(H,20,22). The minimum atomic E-state index is -3.58. The van der Waals surface area contributed by atoms with Gasteiger partial charge in [-0.05, 0) is 42.8 Å². The molecule has 1 aliphatic rings. The van der Waals surface area contributed by atoms with E-state index < -0.39 is 10.0 Å². The Morgan fingerprint density at radius 2 is 2.12 bits per heavy atom. The van der Waals surface area contributed by atoms with E-state index in [0.29, 0.717) is 36.5 Å². The van der Waals surface area contributed by atoms with Crippen LogP contribution in [0.1, 0.15) is 18.9 Å². The van der Waals surface area contributed by atoms with E-state index in [1.807, 2.05) is 0 Å². The number of sulfonamides is 1. The molecule has 26 heavy (non-hydrogen) atoms. The van der Waals surface area contributed by atoms with Gasteiger partial charge in [-0.15, -0.1) is 0 Å². The highest BCUT2D eigenvalue weighted by Gasteiger charge is 2.38. The molecule has 1 N–H and O–H groups in total. The average Bonchev–Trinajstić information content (AvgIpc) is 2.58. The molecule has 1 amide bonds. The highest BCUT2D eigenvalue weighted by atomic mass is 32.2. The number of rotatable bonds is 6. The summed E-state index contributed by atoms with van der Waals surface area (Å²) in [4.78, 5) is 15.7. The Morgan fingerprint density at radius 3 is 2.73 bits per heavy atom. The first-order valence-corrected chi connectivity index (χ1v) is 9.81. The molecule has 1 aromatic heterocycles. The molecule has 7 nitrogen and oxygen atoms in total. The van der Waals surface area contributed by atoms with Crippen molar-refractivity contribution in [2.75, 3.05) is 18.4 Å². The summed E-state index contributed by atoms with van der Waals surface area (Å²) in [6.45, 7) is 4.07. The first-order valence-electron chi connectivity index (χ1n) is 8.37. The minimum absolute atomic E-state index is 0.113. The number of hydrogen-bond donors (Lipinski definition) is 1. The lowest BCUT2D eigenvalue weighted by Crippen LogP contribution is -2.56. The fourth-order valence-electron chi connectivity index (χ4n) is 2.69. The Hall–Kier alpha value is -2.45. The fraction of sp³-hybridized carbons (Fsp3) is 0.333. The zero-order valence-corrected chi connectivity index (χ0v) is 15.5. The molecule has 1 fully saturated rings. The van der Waals surface area contributed by atoms with E-state index in [1.165, 1.54) is 10.4 Å². The molecule has 1 saturated heterocycles. The summed E-state index contributed by atoms with van der Waals surface area (Å²) in [5.74, 6) is 0.514. The molecule has 0 radical (unpaired) electrons. The first-order chi connectivity index (χ1) is 12.4. The molecule has 3 rings (SSSR count). The predicted molar refractivity (Wildman–Crippen MR) is 97.5 cm³/mol. The second kappa shape index (κ2) is 7.43. The first kappa shape index (κ1) is 18.3. The Balaban J connectivity index is 1.66. The number of hydrogen-bond acceptors (Lipinski definition) is 5. The summed E-state index contributed by atoms with van der Waals surface area (Å²) in [7, 11) is -3.58. The van der Waals surface area contributed by atoms with Gasteiger partial charge in [0.15, 0.2) is 0 Å². The summed E-state index contributed by atoms with van der Waals surface area (Å²) >= 11 is 0. The molecule has 0 spiro atoms. The van der Waals surface area contributed by atoms with Crippen molar-refractivity contribution >= 4 is 21.6 Å². The lowest BCUT2D eigenvalue weighted by atomic mass is 10.2. The van der Waals surface area contributed by atoms with Crippen LogP contribution in [-0.2, 0) is 14.8 Å². The third kappa shape index (κ3) is 3.86. The van der Waals surface area contributed by atoms with E-state index in [1.54, 1.807) is 50.5 Å². The van der Waals surface area contributed by atoms with Crippen LogP contribution < -0.4 is 10.1 Å². The van der Waals surface area contributed by atoms with Crippen molar-refractivity contribution < 1.29 is 17.9 Å². The maximum atomic E-state index is 12.8. The summed E-state index contributed by atoms with van der Waals surface area (Å²) in [6, 6.07) is 8.37. The molecule has 1 aromatic carbocycles. The van der Waals surface area contributed by atoms with Gasteiger partial charge in [-0.2, -0.15) is 4.31 Å². The van der Waals surface area contributed by atoms with Crippen molar-refractivity contribution in [1.82, 2.24) is 9.29 Å². The second-order valence-corrected chi connectivity index (χ2v) is 8.04. The average molecular weight is 375 g/mol. The highest BCUT2D eigenvalue weighted by Crippen LogP contribution is 2.28. The molecule has 0 unspecified atom stereocenters. The molecule has 1 aliphatic heterocycles. The van der Waals surface area contributed by atoms with Gasteiger partial charge in [0.05, 0.1) is 24.2 Å². The van der Waals surface area contributed by atoms with Crippen LogP contribution in [0.15, 0.2) is 47.6 Å². The molecule has 0 atom stereocenters. The van der Waals surface area contributed by atoms with Crippen molar-refractivity contribution in [2.45, 2.75) is 31.3 Å². The smallest absolute Gasteiger partial charge is 0.243 e. The SMILES string of the molecule is CCC(=O)Nc1ccc(S(=O)(=O)N2CC(Oc3cccnc3)C2)c(C)c1. The lowest BCUT2D eigenvalue weighted by molar-refractivity contribution is -0.115. The van der Waals surface area contributed by atoms with Crippen LogP contribution in [-0.4, -0.2) is 42.8 Å². The number of carbonyl (C=O) groups excluding carboxylic acids is 1. The van der Waals surface area contributed by atoms with Crippen molar-refractivity contribution in [3.05, 3.63) is 48.3 Å². The molecule has 8 heteroatoms. The van der Waals surface area contributed by atoms with E-state index in [2.05, 4.69) is 10.3 Å². The number of carbonyl (C=O) groups is 1. The Morgan fingerprint density at radius 1 is 1.35 bits per heavy atom. The molecule has 138 valence electrons. The Labute approximate surface area is 153 Å². The van der Waals surface area contributed by atoms with E-state index in [-0.39, 0.29) is 16.9 Å². The van der Waals surface area contributed by atoms with Gasteiger partial charge >= 0.3 is 0 Å². The summed E-state index contributed by atoms with van der Waals surface area (Å²) in [5.41, 5.74) is 1.19. The third-order valence-electron chi connectivity index (χ3n) is 4.15. The number of pyridine rings is 1. The van der Waals surface area contributed by atoms with Gasteiger partial charge in [-0.1, -0.05) is 6.92 Å². The number of anilines is 1. The molecule has 2 heterocycles. The molecule has 0 bridgehead atoms. The monoisotopic (exact) mass is 375 g/mol. The number of aryl methyl sites for hydroxylation is 1. The highest BCUT2D eigenvalue weighted by molar-refractivity contribution is 7.89. The second-order valence-electron chi connectivity index (χ2n) is 6.13. The van der Waals surface area contributed by atoms with Crippen LogP contribution in [0, 0.1) is 6.92 Å². The normalized spacial score (nSPS) is 15.3. The zero-order chi connectivity index (χ0) is 18.7. The minimum Gasteiger partial charge on any atom is -0.486 e. The molecular formula is C18H21N3O4S. The van der Waals surface area contributed by atoms with Crippen LogP contribution in [0.25, 0.3) is 0 Å². The van der Waals surface area contributed by atoms with Gasteiger partial charge in [0, 0.05) is 18.3 Å². The lowest BCUT2D eigenvalue weighted by Gasteiger charge is -2.38. The van der Waals surface area contributed by atoms with E-state index in [4.69, 9.17) is 4.74 Å². The summed E-state index contributed by atoms with van der Waals surface area (Å²) in [6.07, 6.45) is 3.44. The maximum absolute atomic E-state index is 12.8. The predicted octanol–water partition coefficient (Wildman–Crippen LogP) is 2.19. The van der Waals surface area contributed by atoms with Crippen molar-refractivity contribution in [1.29, 1.82) is 0 Å². The van der Waals surface area contributed by atoms with Gasteiger partial charge < -0.3 is 10.1 Å². The molecule has 2 aromatic rings. The number of nitrogens with zero attached hydrogens (tertiary/aromatic N) is 2. The number of benzene rings is 1. The van der Waals surface area contributed by atoms with Crippen LogP contribution in [0.5, 0.6) is 5.75 Å². The largest absolute Gasteiger partial charge is 0.486 e. The van der Waals surface area contributed by atoms with Crippen LogP contribution in [0.3, 0.4) is 0 Å².